The third-order valence-electron chi connectivity index (χ3n) is 2.00. The van der Waals surface area contributed by atoms with Gasteiger partial charge in [-0.25, -0.2) is 0 Å². The maximum absolute atomic E-state index is 12.6. The summed E-state index contributed by atoms with van der Waals surface area (Å²) >= 11 is 3.03. The first kappa shape index (κ1) is 14.8. The van der Waals surface area contributed by atoms with Gasteiger partial charge in [-0.15, -0.1) is 0 Å². The zero-order valence-electron chi connectivity index (χ0n) is 9.68. The fourth-order valence-electron chi connectivity index (χ4n) is 1.25. The van der Waals surface area contributed by atoms with Crippen LogP contribution in [0.3, 0.4) is 0 Å². The van der Waals surface area contributed by atoms with Crippen LogP contribution in [0.2, 0.25) is 0 Å². The Balaban J connectivity index is 2.94. The van der Waals surface area contributed by atoms with E-state index < -0.39 is 11.7 Å². The van der Waals surface area contributed by atoms with E-state index in [0.29, 0.717) is 11.0 Å². The number of hydrogen-bond donors (Lipinski definition) is 2. The second kappa shape index (κ2) is 6.08. The minimum atomic E-state index is -4.39. The summed E-state index contributed by atoms with van der Waals surface area (Å²) in [4.78, 5) is 3.95. The van der Waals surface area contributed by atoms with Gasteiger partial charge in [0.25, 0.3) is 0 Å². The van der Waals surface area contributed by atoms with Crippen LogP contribution < -0.4 is 11.1 Å². The van der Waals surface area contributed by atoms with Crippen molar-refractivity contribution in [3.63, 3.8) is 0 Å². The van der Waals surface area contributed by atoms with Gasteiger partial charge in [-0.05, 0) is 24.6 Å². The van der Waals surface area contributed by atoms with E-state index in [4.69, 9.17) is 5.73 Å². The maximum Gasteiger partial charge on any atom is 0.416 e. The second-order valence-corrected chi connectivity index (χ2v) is 4.53. The Morgan fingerprint density at radius 3 is 2.61 bits per heavy atom. The van der Waals surface area contributed by atoms with Crippen molar-refractivity contribution in [2.75, 3.05) is 11.9 Å². The predicted molar refractivity (Wildman–Crippen MR) is 69.5 cm³/mol. The van der Waals surface area contributed by atoms with Crippen LogP contribution in [0.15, 0.2) is 27.7 Å². The van der Waals surface area contributed by atoms with Gasteiger partial charge in [0.2, 0.25) is 0 Å². The van der Waals surface area contributed by atoms with Gasteiger partial charge in [0.05, 0.1) is 5.56 Å². The van der Waals surface area contributed by atoms with Gasteiger partial charge >= 0.3 is 6.18 Å². The molecule has 0 spiro atoms. The SMILES string of the molecule is CCCN=C(N)Nc1cc(Br)cc(C(F)(F)F)c1. The Morgan fingerprint density at radius 1 is 1.39 bits per heavy atom. The lowest BCUT2D eigenvalue weighted by molar-refractivity contribution is -0.137. The number of nitrogens with two attached hydrogens (primary N) is 1. The summed E-state index contributed by atoms with van der Waals surface area (Å²) in [7, 11) is 0. The average Bonchev–Trinajstić information content (AvgIpc) is 2.24. The highest BCUT2D eigenvalue weighted by Gasteiger charge is 2.31. The van der Waals surface area contributed by atoms with Gasteiger partial charge in [0.1, 0.15) is 0 Å². The largest absolute Gasteiger partial charge is 0.416 e. The standard InChI is InChI=1S/C11H13BrF3N3/c1-2-3-17-10(16)18-9-5-7(11(13,14)15)4-8(12)6-9/h4-6H,2-3H2,1H3,(H3,16,17,18). The average molecular weight is 324 g/mol. The Kier molecular flexibility index (Phi) is 5.01. The molecule has 0 saturated heterocycles. The molecule has 0 bridgehead atoms. The fourth-order valence-corrected chi connectivity index (χ4v) is 1.74. The van der Waals surface area contributed by atoms with Crippen LogP contribution in [0.5, 0.6) is 0 Å². The second-order valence-electron chi connectivity index (χ2n) is 3.62. The van der Waals surface area contributed by atoms with E-state index in [1.807, 2.05) is 6.92 Å². The molecule has 0 aliphatic heterocycles. The maximum atomic E-state index is 12.6. The van der Waals surface area contributed by atoms with Crippen molar-refractivity contribution < 1.29 is 13.2 Å². The molecule has 100 valence electrons. The minimum Gasteiger partial charge on any atom is -0.370 e. The Bertz CT molecular complexity index is 444. The topological polar surface area (TPSA) is 50.4 Å². The minimum absolute atomic E-state index is 0.100. The molecule has 1 aromatic rings. The summed E-state index contributed by atoms with van der Waals surface area (Å²) < 4.78 is 38.1. The van der Waals surface area contributed by atoms with Crippen molar-refractivity contribution in [3.05, 3.63) is 28.2 Å². The molecule has 3 nitrogen and oxygen atoms in total. The van der Waals surface area contributed by atoms with E-state index in [9.17, 15) is 13.2 Å². The quantitative estimate of drug-likeness (QED) is 0.659. The summed E-state index contributed by atoms with van der Waals surface area (Å²) in [5.41, 5.74) is 5.04. The molecular formula is C11H13BrF3N3. The van der Waals surface area contributed by atoms with Gasteiger partial charge in [0, 0.05) is 16.7 Å². The fraction of sp³-hybridized carbons (Fsp3) is 0.364. The molecule has 0 radical (unpaired) electrons. The Labute approximate surface area is 111 Å². The highest BCUT2D eigenvalue weighted by Crippen LogP contribution is 2.33. The predicted octanol–water partition coefficient (Wildman–Crippen LogP) is 3.60. The summed E-state index contributed by atoms with van der Waals surface area (Å²) in [5.74, 6) is 0.100. The summed E-state index contributed by atoms with van der Waals surface area (Å²) in [6.45, 7) is 2.45. The van der Waals surface area contributed by atoms with Gasteiger partial charge in [-0.2, -0.15) is 13.2 Å². The molecule has 0 saturated carbocycles. The molecule has 0 atom stereocenters. The van der Waals surface area contributed by atoms with Gasteiger partial charge in [-0.1, -0.05) is 22.9 Å². The molecule has 0 aliphatic carbocycles. The molecule has 0 aromatic heterocycles. The van der Waals surface area contributed by atoms with Crippen LogP contribution in [-0.2, 0) is 6.18 Å². The number of anilines is 1. The van der Waals surface area contributed by atoms with Crippen LogP contribution >= 0.6 is 15.9 Å². The van der Waals surface area contributed by atoms with Crippen LogP contribution in [-0.4, -0.2) is 12.5 Å². The third kappa shape index (κ3) is 4.56. The van der Waals surface area contributed by atoms with Crippen LogP contribution in [0.1, 0.15) is 18.9 Å². The van der Waals surface area contributed by atoms with Crippen LogP contribution in [0.4, 0.5) is 18.9 Å². The van der Waals surface area contributed by atoms with Crippen molar-refractivity contribution in [2.24, 2.45) is 10.7 Å². The molecule has 1 aromatic carbocycles. The van der Waals surface area contributed by atoms with E-state index in [-0.39, 0.29) is 11.6 Å². The van der Waals surface area contributed by atoms with Gasteiger partial charge in [0.15, 0.2) is 5.96 Å². The molecular weight excluding hydrogens is 311 g/mol. The van der Waals surface area contributed by atoms with E-state index in [1.165, 1.54) is 6.07 Å². The van der Waals surface area contributed by atoms with Crippen molar-refractivity contribution >= 4 is 27.6 Å². The molecule has 18 heavy (non-hydrogen) atoms. The van der Waals surface area contributed by atoms with Gasteiger partial charge in [-0.3, -0.25) is 4.99 Å². The van der Waals surface area contributed by atoms with Crippen LogP contribution in [0, 0.1) is 0 Å². The van der Waals surface area contributed by atoms with Crippen molar-refractivity contribution in [2.45, 2.75) is 19.5 Å². The Hall–Kier alpha value is -1.24. The summed E-state index contributed by atoms with van der Waals surface area (Å²) in [5, 5.41) is 2.63. The van der Waals surface area contributed by atoms with E-state index in [0.717, 1.165) is 18.6 Å². The molecule has 3 N–H and O–H groups in total. The number of halogens is 4. The number of rotatable bonds is 3. The number of nitrogens with one attached hydrogen (secondary N) is 1. The number of hydrogen-bond acceptors (Lipinski definition) is 1. The number of guanidine groups is 1. The first-order valence-electron chi connectivity index (χ1n) is 5.27. The van der Waals surface area contributed by atoms with Crippen molar-refractivity contribution in [1.29, 1.82) is 0 Å². The first-order valence-corrected chi connectivity index (χ1v) is 6.07. The number of benzene rings is 1. The molecule has 0 heterocycles. The normalized spacial score (nSPS) is 12.6. The molecule has 0 amide bonds. The molecule has 1 rings (SSSR count). The lowest BCUT2D eigenvalue weighted by atomic mass is 10.2. The van der Waals surface area contributed by atoms with Crippen molar-refractivity contribution in [1.82, 2.24) is 0 Å². The monoisotopic (exact) mass is 323 g/mol. The zero-order chi connectivity index (χ0) is 13.8. The lowest BCUT2D eigenvalue weighted by Crippen LogP contribution is -2.23. The van der Waals surface area contributed by atoms with Crippen molar-refractivity contribution in [3.8, 4) is 0 Å². The molecule has 0 unspecified atom stereocenters. The summed E-state index contributed by atoms with van der Waals surface area (Å²) in [6, 6.07) is 3.49. The molecule has 7 heteroatoms. The zero-order valence-corrected chi connectivity index (χ0v) is 11.3. The van der Waals surface area contributed by atoms with E-state index in [2.05, 4.69) is 26.2 Å². The van der Waals surface area contributed by atoms with Crippen LogP contribution in [0.25, 0.3) is 0 Å². The highest BCUT2D eigenvalue weighted by atomic mass is 79.9. The molecule has 0 aliphatic rings. The van der Waals surface area contributed by atoms with E-state index in [1.54, 1.807) is 0 Å². The number of nitrogens with zero attached hydrogens (tertiary/aromatic N) is 1. The highest BCUT2D eigenvalue weighted by molar-refractivity contribution is 9.10. The number of aliphatic imine (C=N–C) groups is 1. The Morgan fingerprint density at radius 2 is 2.06 bits per heavy atom. The van der Waals surface area contributed by atoms with E-state index >= 15 is 0 Å². The first-order chi connectivity index (χ1) is 8.32. The third-order valence-corrected chi connectivity index (χ3v) is 2.46. The molecule has 0 fully saturated rings. The lowest BCUT2D eigenvalue weighted by Gasteiger charge is -2.11. The summed E-state index contributed by atoms with van der Waals surface area (Å²) in [6.07, 6.45) is -3.58. The van der Waals surface area contributed by atoms with Gasteiger partial charge < -0.3 is 11.1 Å². The number of alkyl halides is 3. The smallest absolute Gasteiger partial charge is 0.370 e.